The molecule has 2 aromatic heterocycles. The number of carbonyl (C=O) groups is 1. The van der Waals surface area contributed by atoms with Crippen LogP contribution in [-0.4, -0.2) is 39.9 Å². The number of anilines is 2. The van der Waals surface area contributed by atoms with Gasteiger partial charge in [0.2, 0.25) is 11.9 Å². The maximum absolute atomic E-state index is 14.7. The van der Waals surface area contributed by atoms with Crippen LogP contribution < -0.4 is 10.2 Å². The van der Waals surface area contributed by atoms with E-state index in [0.29, 0.717) is 11.6 Å². The largest absolute Gasteiger partial charge is 0.341 e. The fourth-order valence-electron chi connectivity index (χ4n) is 4.20. The Kier molecular flexibility index (Phi) is 7.23. The summed E-state index contributed by atoms with van der Waals surface area (Å²) in [6.45, 7) is 3.95. The molecule has 1 N–H and O–H groups in total. The summed E-state index contributed by atoms with van der Waals surface area (Å²) in [5.74, 6) is -4.62. The van der Waals surface area contributed by atoms with Crippen molar-refractivity contribution in [2.75, 3.05) is 17.3 Å². The Labute approximate surface area is 206 Å². The minimum Gasteiger partial charge on any atom is -0.341 e. The molecule has 1 aromatic carbocycles. The number of nitrogens with one attached hydrogen (secondary N) is 1. The number of aromatic nitrogens is 3. The van der Waals surface area contributed by atoms with Crippen LogP contribution in [0.25, 0.3) is 11.1 Å². The molecule has 3 aromatic rings. The molecule has 1 aliphatic rings. The highest BCUT2D eigenvalue weighted by atomic mass is 19.3. The number of amides is 1. The van der Waals surface area contributed by atoms with Crippen molar-refractivity contribution in [2.45, 2.75) is 57.4 Å². The van der Waals surface area contributed by atoms with Gasteiger partial charge in [0.1, 0.15) is 11.6 Å². The highest BCUT2D eigenvalue weighted by Gasteiger charge is 2.37. The molecule has 1 fully saturated rings. The van der Waals surface area contributed by atoms with Gasteiger partial charge in [0, 0.05) is 61.6 Å². The van der Waals surface area contributed by atoms with Gasteiger partial charge in [-0.1, -0.05) is 0 Å². The van der Waals surface area contributed by atoms with Crippen molar-refractivity contribution in [3.63, 3.8) is 0 Å². The van der Waals surface area contributed by atoms with Crippen LogP contribution in [0.5, 0.6) is 0 Å². The number of nitrogens with zero attached hydrogens (tertiary/aromatic N) is 4. The lowest BCUT2D eigenvalue weighted by molar-refractivity contribution is -0.0384. The van der Waals surface area contributed by atoms with Crippen LogP contribution in [0, 0.1) is 11.6 Å². The van der Waals surface area contributed by atoms with Gasteiger partial charge < -0.3 is 10.2 Å². The van der Waals surface area contributed by atoms with Gasteiger partial charge in [-0.15, -0.1) is 0 Å². The molecule has 0 aliphatic heterocycles. The molecule has 2 heterocycles. The molecule has 0 bridgehead atoms. The number of pyridine rings is 1. The lowest BCUT2D eigenvalue weighted by Gasteiger charge is -2.29. The van der Waals surface area contributed by atoms with Gasteiger partial charge in [0.25, 0.3) is 5.91 Å². The fourth-order valence-corrected chi connectivity index (χ4v) is 4.20. The summed E-state index contributed by atoms with van der Waals surface area (Å²) < 4.78 is 56.4. The van der Waals surface area contributed by atoms with Gasteiger partial charge in [0.15, 0.2) is 0 Å². The zero-order chi connectivity index (χ0) is 26.0. The Bertz CT molecular complexity index is 1240. The van der Waals surface area contributed by atoms with E-state index in [1.807, 2.05) is 25.8 Å². The Morgan fingerprint density at radius 2 is 1.72 bits per heavy atom. The van der Waals surface area contributed by atoms with Gasteiger partial charge >= 0.3 is 0 Å². The molecule has 10 heteroatoms. The quantitative estimate of drug-likeness (QED) is 0.407. The second kappa shape index (κ2) is 10.2. The summed E-state index contributed by atoms with van der Waals surface area (Å²) in [5.41, 5.74) is 0.800. The maximum Gasteiger partial charge on any atom is 0.258 e. The molecular weight excluding hydrogens is 474 g/mol. The maximum atomic E-state index is 14.7. The SMILES string of the molecule is CC(C)N(C)c1ncc(C(=O)Nc2c(-c3cc(F)ccc3F)ccnc2C2CCC(F)(F)CC2)cn1. The van der Waals surface area contributed by atoms with Gasteiger partial charge in [-0.3, -0.25) is 9.78 Å². The standard InChI is InChI=1S/C26H27F4N5O/c1-15(2)35(3)25-32-13-17(14-33-25)24(36)34-23-19(20-12-18(27)4-5-21(20)28)8-11-31-22(23)16-6-9-26(29,30)10-7-16/h4-5,8,11-16H,6-7,9-10H2,1-3H3,(H,34,36). The van der Waals surface area contributed by atoms with E-state index >= 15 is 0 Å². The van der Waals surface area contributed by atoms with Crippen LogP contribution in [0.4, 0.5) is 29.2 Å². The number of benzene rings is 1. The summed E-state index contributed by atoms with van der Waals surface area (Å²) in [6, 6.07) is 4.63. The van der Waals surface area contributed by atoms with E-state index in [2.05, 4.69) is 20.3 Å². The molecule has 36 heavy (non-hydrogen) atoms. The van der Waals surface area contributed by atoms with Gasteiger partial charge in [0.05, 0.1) is 16.9 Å². The van der Waals surface area contributed by atoms with Crippen LogP contribution in [0.1, 0.15) is 61.5 Å². The summed E-state index contributed by atoms with van der Waals surface area (Å²) in [5, 5.41) is 2.76. The average Bonchev–Trinajstić information content (AvgIpc) is 2.85. The first-order valence-electron chi connectivity index (χ1n) is 11.7. The number of rotatable bonds is 6. The number of hydrogen-bond donors (Lipinski definition) is 1. The molecule has 0 atom stereocenters. The van der Waals surface area contributed by atoms with E-state index in [1.54, 1.807) is 0 Å². The molecule has 0 saturated heterocycles. The molecule has 0 spiro atoms. The number of alkyl halides is 2. The second-order valence-electron chi connectivity index (χ2n) is 9.30. The minimum atomic E-state index is -2.76. The van der Waals surface area contributed by atoms with E-state index in [9.17, 15) is 22.4 Å². The highest BCUT2D eigenvalue weighted by molar-refractivity contribution is 6.06. The second-order valence-corrected chi connectivity index (χ2v) is 9.30. The number of carbonyl (C=O) groups excluding carboxylic acids is 1. The third-order valence-corrected chi connectivity index (χ3v) is 6.53. The highest BCUT2D eigenvalue weighted by Crippen LogP contribution is 2.44. The van der Waals surface area contributed by atoms with Crippen molar-refractivity contribution in [1.29, 1.82) is 0 Å². The Hall–Kier alpha value is -3.56. The van der Waals surface area contributed by atoms with Crippen molar-refractivity contribution >= 4 is 17.5 Å². The molecule has 0 unspecified atom stereocenters. The molecule has 190 valence electrons. The zero-order valence-electron chi connectivity index (χ0n) is 20.2. The first kappa shape index (κ1) is 25.5. The third kappa shape index (κ3) is 5.47. The summed E-state index contributed by atoms with van der Waals surface area (Å²) >= 11 is 0. The van der Waals surface area contributed by atoms with Crippen LogP contribution in [0.2, 0.25) is 0 Å². The van der Waals surface area contributed by atoms with E-state index < -0.39 is 23.5 Å². The summed E-state index contributed by atoms with van der Waals surface area (Å²) in [4.78, 5) is 27.9. The van der Waals surface area contributed by atoms with E-state index in [4.69, 9.17) is 0 Å². The Morgan fingerprint density at radius 3 is 2.36 bits per heavy atom. The molecule has 1 aliphatic carbocycles. The van der Waals surface area contributed by atoms with Crippen LogP contribution in [0.15, 0.2) is 42.9 Å². The van der Waals surface area contributed by atoms with Crippen molar-refractivity contribution < 1.29 is 22.4 Å². The van der Waals surface area contributed by atoms with E-state index in [-0.39, 0.29) is 60.0 Å². The average molecular weight is 502 g/mol. The van der Waals surface area contributed by atoms with Crippen LogP contribution in [-0.2, 0) is 0 Å². The lowest BCUT2D eigenvalue weighted by atomic mass is 9.83. The molecular formula is C26H27F4N5O. The third-order valence-electron chi connectivity index (χ3n) is 6.53. The van der Waals surface area contributed by atoms with Crippen molar-refractivity contribution in [3.8, 4) is 11.1 Å². The van der Waals surface area contributed by atoms with Gasteiger partial charge in [-0.2, -0.15) is 0 Å². The monoisotopic (exact) mass is 501 g/mol. The predicted molar refractivity (Wildman–Crippen MR) is 129 cm³/mol. The van der Waals surface area contributed by atoms with Crippen molar-refractivity contribution in [3.05, 3.63) is 65.7 Å². The van der Waals surface area contributed by atoms with Crippen LogP contribution >= 0.6 is 0 Å². The molecule has 6 nitrogen and oxygen atoms in total. The first-order valence-corrected chi connectivity index (χ1v) is 11.7. The number of hydrogen-bond acceptors (Lipinski definition) is 5. The van der Waals surface area contributed by atoms with Crippen molar-refractivity contribution in [1.82, 2.24) is 15.0 Å². The minimum absolute atomic E-state index is 0.0692. The van der Waals surface area contributed by atoms with E-state index in [1.165, 1.54) is 24.7 Å². The van der Waals surface area contributed by atoms with Gasteiger partial charge in [-0.25, -0.2) is 27.5 Å². The fraction of sp³-hybridized carbons (Fsp3) is 0.385. The molecule has 1 saturated carbocycles. The van der Waals surface area contributed by atoms with Gasteiger partial charge in [-0.05, 0) is 51.0 Å². The normalized spacial score (nSPS) is 15.7. The van der Waals surface area contributed by atoms with Crippen molar-refractivity contribution in [2.24, 2.45) is 0 Å². The summed E-state index contributed by atoms with van der Waals surface area (Å²) in [7, 11) is 1.83. The Morgan fingerprint density at radius 1 is 1.06 bits per heavy atom. The van der Waals surface area contributed by atoms with Crippen LogP contribution in [0.3, 0.4) is 0 Å². The zero-order valence-corrected chi connectivity index (χ0v) is 20.2. The first-order chi connectivity index (χ1) is 17.1. The molecule has 0 radical (unpaired) electrons. The Balaban J connectivity index is 1.73. The number of halogens is 4. The predicted octanol–water partition coefficient (Wildman–Crippen LogP) is 6.21. The smallest absolute Gasteiger partial charge is 0.258 e. The molecule has 4 rings (SSSR count). The molecule has 1 amide bonds. The van der Waals surface area contributed by atoms with E-state index in [0.717, 1.165) is 18.2 Å². The lowest BCUT2D eigenvalue weighted by Crippen LogP contribution is -2.28. The summed E-state index contributed by atoms with van der Waals surface area (Å²) in [6.07, 6.45) is 3.83. The topological polar surface area (TPSA) is 71.0 Å².